The average Bonchev–Trinajstić information content (AvgIpc) is 2.68. The lowest BCUT2D eigenvalue weighted by molar-refractivity contribution is -0.130. The molecule has 2 aromatic rings. The highest BCUT2D eigenvalue weighted by Crippen LogP contribution is 2.29. The number of amides is 1. The summed E-state index contributed by atoms with van der Waals surface area (Å²) in [6, 6.07) is 11.3. The van der Waals surface area contributed by atoms with Crippen molar-refractivity contribution in [3.8, 4) is 0 Å². The highest BCUT2D eigenvalue weighted by atomic mass is 35.5. The summed E-state index contributed by atoms with van der Waals surface area (Å²) in [7, 11) is -7.18. The Kier molecular flexibility index (Phi) is 6.45. The Hall–Kier alpha value is -2.10. The zero-order valence-electron chi connectivity index (χ0n) is 16.7. The molecule has 0 bridgehead atoms. The number of anilines is 1. The molecule has 0 radical (unpaired) electrons. The molecule has 0 unspecified atom stereocenters. The molecule has 30 heavy (non-hydrogen) atoms. The molecule has 1 fully saturated rings. The normalized spacial score (nSPS) is 15.3. The SMILES string of the molecule is CS(=O)(=O)c1ccc(N2CCN(C(=O)Cc3ccccc3Cl)CC2)c(S(C)(=O)=O)c1. The van der Waals surface area contributed by atoms with Crippen LogP contribution in [0, 0.1) is 0 Å². The van der Waals surface area contributed by atoms with Crippen molar-refractivity contribution in [1.29, 1.82) is 0 Å². The fourth-order valence-electron chi connectivity index (χ4n) is 3.40. The first kappa shape index (κ1) is 22.6. The minimum atomic E-state index is -3.64. The molecule has 1 amide bonds. The van der Waals surface area contributed by atoms with Gasteiger partial charge < -0.3 is 9.80 Å². The predicted octanol–water partition coefficient (Wildman–Crippen LogP) is 2.04. The van der Waals surface area contributed by atoms with Gasteiger partial charge in [-0.2, -0.15) is 0 Å². The molecule has 0 aromatic heterocycles. The maximum atomic E-state index is 12.6. The highest BCUT2D eigenvalue weighted by Gasteiger charge is 2.26. The van der Waals surface area contributed by atoms with E-state index in [1.807, 2.05) is 23.1 Å². The van der Waals surface area contributed by atoms with Crippen LogP contribution in [0.25, 0.3) is 0 Å². The van der Waals surface area contributed by atoms with Crippen molar-refractivity contribution in [3.05, 3.63) is 53.1 Å². The largest absolute Gasteiger partial charge is 0.367 e. The molecule has 7 nitrogen and oxygen atoms in total. The van der Waals surface area contributed by atoms with Crippen molar-refractivity contribution in [2.75, 3.05) is 43.6 Å². The first-order chi connectivity index (χ1) is 14.0. The first-order valence-corrected chi connectivity index (χ1v) is 13.4. The number of halogens is 1. The number of hydrogen-bond donors (Lipinski definition) is 0. The van der Waals surface area contributed by atoms with E-state index < -0.39 is 19.7 Å². The zero-order valence-corrected chi connectivity index (χ0v) is 19.1. The molecule has 0 aliphatic carbocycles. The van der Waals surface area contributed by atoms with E-state index in [0.717, 1.165) is 18.1 Å². The van der Waals surface area contributed by atoms with Gasteiger partial charge in [0.2, 0.25) is 5.91 Å². The van der Waals surface area contributed by atoms with Gasteiger partial charge in [0.15, 0.2) is 19.7 Å². The van der Waals surface area contributed by atoms with Gasteiger partial charge in [-0.1, -0.05) is 29.8 Å². The Morgan fingerprint density at radius 3 is 2.13 bits per heavy atom. The average molecular weight is 471 g/mol. The smallest absolute Gasteiger partial charge is 0.227 e. The summed E-state index contributed by atoms with van der Waals surface area (Å²) in [6.07, 6.45) is 2.30. The molecule has 1 aliphatic rings. The Labute approximate surface area is 182 Å². The second-order valence-electron chi connectivity index (χ2n) is 7.31. The molecule has 1 saturated heterocycles. The molecule has 1 aliphatic heterocycles. The van der Waals surface area contributed by atoms with E-state index in [0.29, 0.717) is 36.9 Å². The fraction of sp³-hybridized carbons (Fsp3) is 0.350. The van der Waals surface area contributed by atoms with Crippen LogP contribution in [-0.2, 0) is 30.9 Å². The van der Waals surface area contributed by atoms with E-state index in [-0.39, 0.29) is 22.1 Å². The van der Waals surface area contributed by atoms with E-state index >= 15 is 0 Å². The number of rotatable bonds is 5. The Morgan fingerprint density at radius 2 is 1.57 bits per heavy atom. The van der Waals surface area contributed by atoms with Crippen molar-refractivity contribution in [2.24, 2.45) is 0 Å². The van der Waals surface area contributed by atoms with Crippen LogP contribution in [0.4, 0.5) is 5.69 Å². The van der Waals surface area contributed by atoms with Gasteiger partial charge in [0.1, 0.15) is 0 Å². The minimum Gasteiger partial charge on any atom is -0.367 e. The third kappa shape index (κ3) is 5.14. The summed E-state index contributed by atoms with van der Waals surface area (Å²) in [5.41, 5.74) is 1.21. The summed E-state index contributed by atoms with van der Waals surface area (Å²) < 4.78 is 48.2. The summed E-state index contributed by atoms with van der Waals surface area (Å²) in [5, 5.41) is 0.549. The summed E-state index contributed by atoms with van der Waals surface area (Å²) >= 11 is 6.14. The predicted molar refractivity (Wildman–Crippen MR) is 117 cm³/mol. The summed E-state index contributed by atoms with van der Waals surface area (Å²) in [6.45, 7) is 1.74. The number of sulfone groups is 2. The maximum absolute atomic E-state index is 12.6. The van der Waals surface area contributed by atoms with Crippen LogP contribution >= 0.6 is 11.6 Å². The van der Waals surface area contributed by atoms with Crippen LogP contribution in [0.2, 0.25) is 5.02 Å². The van der Waals surface area contributed by atoms with Gasteiger partial charge in [0.25, 0.3) is 0 Å². The number of benzene rings is 2. The Morgan fingerprint density at radius 1 is 0.933 bits per heavy atom. The third-order valence-corrected chi connectivity index (χ3v) is 7.64. The Balaban J connectivity index is 1.76. The van der Waals surface area contributed by atoms with Gasteiger partial charge >= 0.3 is 0 Å². The molecule has 1 heterocycles. The molecule has 10 heteroatoms. The molecule has 0 atom stereocenters. The standard InChI is InChI=1S/C20H23ClN2O5S2/c1-29(25,26)16-7-8-18(19(14-16)30(2,27)28)22-9-11-23(12-10-22)20(24)13-15-5-3-4-6-17(15)21/h3-8,14H,9-13H2,1-2H3. The number of nitrogens with zero attached hydrogens (tertiary/aromatic N) is 2. The number of carbonyl (C=O) groups excluding carboxylic acids is 1. The third-order valence-electron chi connectivity index (χ3n) is 5.03. The van der Waals surface area contributed by atoms with E-state index in [1.54, 1.807) is 11.0 Å². The van der Waals surface area contributed by atoms with Gasteiger partial charge in [-0.05, 0) is 29.8 Å². The van der Waals surface area contributed by atoms with Crippen molar-refractivity contribution in [1.82, 2.24) is 4.90 Å². The lowest BCUT2D eigenvalue weighted by Crippen LogP contribution is -2.49. The van der Waals surface area contributed by atoms with Gasteiger partial charge in [-0.15, -0.1) is 0 Å². The van der Waals surface area contributed by atoms with E-state index in [9.17, 15) is 21.6 Å². The first-order valence-electron chi connectivity index (χ1n) is 9.27. The van der Waals surface area contributed by atoms with E-state index in [1.165, 1.54) is 18.2 Å². The van der Waals surface area contributed by atoms with Crippen molar-refractivity contribution < 1.29 is 21.6 Å². The topological polar surface area (TPSA) is 91.8 Å². The summed E-state index contributed by atoms with van der Waals surface area (Å²) in [4.78, 5) is 16.2. The van der Waals surface area contributed by atoms with Crippen LogP contribution in [0.5, 0.6) is 0 Å². The summed E-state index contributed by atoms with van der Waals surface area (Å²) in [5.74, 6) is -0.0430. The maximum Gasteiger partial charge on any atom is 0.227 e. The van der Waals surface area contributed by atoms with E-state index in [4.69, 9.17) is 11.6 Å². The Bertz CT molecular complexity index is 1170. The molecule has 2 aromatic carbocycles. The minimum absolute atomic E-state index is 0.0266. The van der Waals surface area contributed by atoms with Crippen LogP contribution in [0.15, 0.2) is 52.3 Å². The zero-order chi connectivity index (χ0) is 22.1. The lowest BCUT2D eigenvalue weighted by Gasteiger charge is -2.37. The second-order valence-corrected chi connectivity index (χ2v) is 11.7. The van der Waals surface area contributed by atoms with Crippen molar-refractivity contribution in [3.63, 3.8) is 0 Å². The highest BCUT2D eigenvalue weighted by molar-refractivity contribution is 7.91. The van der Waals surface area contributed by atoms with Gasteiger partial charge in [0, 0.05) is 43.7 Å². The molecule has 0 saturated carbocycles. The van der Waals surface area contributed by atoms with Gasteiger partial charge in [0.05, 0.1) is 21.9 Å². The number of carbonyl (C=O) groups is 1. The second kappa shape index (κ2) is 8.56. The number of hydrogen-bond acceptors (Lipinski definition) is 6. The van der Waals surface area contributed by atoms with Gasteiger partial charge in [-0.25, -0.2) is 16.8 Å². The fourth-order valence-corrected chi connectivity index (χ4v) is 5.24. The monoisotopic (exact) mass is 470 g/mol. The van der Waals surface area contributed by atoms with E-state index in [2.05, 4.69) is 0 Å². The number of piperazine rings is 1. The van der Waals surface area contributed by atoms with Crippen molar-refractivity contribution >= 4 is 42.9 Å². The molecule has 0 N–H and O–H groups in total. The van der Waals surface area contributed by atoms with Crippen LogP contribution in [-0.4, -0.2) is 66.3 Å². The van der Waals surface area contributed by atoms with Gasteiger partial charge in [-0.3, -0.25) is 4.79 Å². The van der Waals surface area contributed by atoms with Crippen molar-refractivity contribution in [2.45, 2.75) is 16.2 Å². The van der Waals surface area contributed by atoms with Crippen LogP contribution in [0.1, 0.15) is 5.56 Å². The molecule has 3 rings (SSSR count). The van der Waals surface area contributed by atoms with Crippen LogP contribution < -0.4 is 4.90 Å². The molecule has 0 spiro atoms. The molecular weight excluding hydrogens is 448 g/mol. The molecular formula is C20H23ClN2O5S2. The lowest BCUT2D eigenvalue weighted by atomic mass is 10.1. The quantitative estimate of drug-likeness (QED) is 0.664. The van der Waals surface area contributed by atoms with Crippen LogP contribution in [0.3, 0.4) is 0 Å². The molecule has 162 valence electrons.